The predicted octanol–water partition coefficient (Wildman–Crippen LogP) is 2.94. The number of benzene rings is 2. The van der Waals surface area contributed by atoms with E-state index in [4.69, 9.17) is 8.37 Å². The fourth-order valence-electron chi connectivity index (χ4n) is 2.79. The second-order valence-corrected chi connectivity index (χ2v) is 10.2. The van der Waals surface area contributed by atoms with Crippen LogP contribution in [0.1, 0.15) is 6.92 Å². The molecule has 0 radical (unpaired) electrons. The van der Waals surface area contributed by atoms with Crippen LogP contribution in [0.2, 0.25) is 0 Å². The molecule has 0 spiro atoms. The summed E-state index contributed by atoms with van der Waals surface area (Å²) in [7, 11) is -8.02. The summed E-state index contributed by atoms with van der Waals surface area (Å²) in [5.41, 5.74) is -1.06. The largest absolute Gasteiger partial charge is 0.364 e. The van der Waals surface area contributed by atoms with E-state index >= 15 is 0 Å². The van der Waals surface area contributed by atoms with Crippen molar-refractivity contribution in [2.75, 3.05) is 19.8 Å². The number of hydrogen-bond donors (Lipinski definition) is 0. The van der Waals surface area contributed by atoms with Crippen molar-refractivity contribution in [1.29, 1.82) is 0 Å². The van der Waals surface area contributed by atoms with E-state index in [0.717, 1.165) is 0 Å². The third kappa shape index (κ3) is 5.37. The Hall–Kier alpha value is -2.46. The van der Waals surface area contributed by atoms with Crippen LogP contribution in [-0.2, 0) is 28.6 Å². The third-order valence-corrected chi connectivity index (χ3v) is 7.18. The monoisotopic (exact) mass is 449 g/mol. The van der Waals surface area contributed by atoms with Gasteiger partial charge in [0.1, 0.15) is 0 Å². The zero-order valence-corrected chi connectivity index (χ0v) is 18.1. The van der Waals surface area contributed by atoms with Gasteiger partial charge in [-0.05, 0) is 37.3 Å². The average molecular weight is 450 g/mol. The van der Waals surface area contributed by atoms with Gasteiger partial charge in [0.05, 0.1) is 28.5 Å². The molecule has 7 nitrogen and oxygen atoms in total. The maximum Gasteiger partial charge on any atom is 0.297 e. The van der Waals surface area contributed by atoms with Crippen molar-refractivity contribution < 1.29 is 25.2 Å². The maximum atomic E-state index is 12.6. The SMILES string of the molecule is CC(COS(=O)(=O)c1ccccc1)(COS(=O)(=O)c1ccccc1)N1C=CC=CC1. The summed E-state index contributed by atoms with van der Waals surface area (Å²) < 4.78 is 60.8. The molecule has 0 aromatic heterocycles. The number of rotatable bonds is 9. The molecule has 160 valence electrons. The van der Waals surface area contributed by atoms with Crippen LogP contribution >= 0.6 is 0 Å². The molecule has 9 heteroatoms. The van der Waals surface area contributed by atoms with E-state index in [1.165, 1.54) is 24.3 Å². The summed E-state index contributed by atoms with van der Waals surface area (Å²) in [6, 6.07) is 15.6. The Morgan fingerprint density at radius 3 is 1.67 bits per heavy atom. The van der Waals surface area contributed by atoms with Gasteiger partial charge in [0.2, 0.25) is 0 Å². The van der Waals surface area contributed by atoms with E-state index in [9.17, 15) is 16.8 Å². The van der Waals surface area contributed by atoms with Crippen LogP contribution in [0.3, 0.4) is 0 Å². The second-order valence-electron chi connectivity index (χ2n) is 6.98. The zero-order valence-electron chi connectivity index (χ0n) is 16.4. The smallest absolute Gasteiger partial charge is 0.297 e. The Kier molecular flexibility index (Phi) is 6.77. The molecule has 0 saturated heterocycles. The van der Waals surface area contributed by atoms with Gasteiger partial charge in [-0.3, -0.25) is 8.37 Å². The Morgan fingerprint density at radius 1 is 0.800 bits per heavy atom. The first-order valence-corrected chi connectivity index (χ1v) is 12.0. The van der Waals surface area contributed by atoms with Crippen molar-refractivity contribution >= 4 is 20.2 Å². The summed E-state index contributed by atoms with van der Waals surface area (Å²) in [6.45, 7) is 1.55. The Balaban J connectivity index is 1.79. The van der Waals surface area contributed by atoms with Crippen molar-refractivity contribution in [2.24, 2.45) is 0 Å². The van der Waals surface area contributed by atoms with Crippen molar-refractivity contribution in [3.8, 4) is 0 Å². The van der Waals surface area contributed by atoms with Crippen molar-refractivity contribution in [3.63, 3.8) is 0 Å². The van der Waals surface area contributed by atoms with Crippen LogP contribution in [0.15, 0.2) is 94.9 Å². The lowest BCUT2D eigenvalue weighted by Gasteiger charge is -2.40. The van der Waals surface area contributed by atoms with Gasteiger partial charge in [-0.1, -0.05) is 48.6 Å². The molecule has 1 heterocycles. The topological polar surface area (TPSA) is 90.0 Å². The standard InChI is InChI=1S/C21H23NO6S2/c1-21(22-15-9-4-10-16-22,17-27-29(23,24)19-11-5-2-6-12-19)18-28-30(25,26)20-13-7-3-8-14-20/h2-15H,16-18H2,1H3. The van der Waals surface area contributed by atoms with Gasteiger partial charge in [-0.15, -0.1) is 0 Å². The molecule has 30 heavy (non-hydrogen) atoms. The van der Waals surface area contributed by atoms with Crippen LogP contribution < -0.4 is 0 Å². The van der Waals surface area contributed by atoms with Gasteiger partial charge in [-0.25, -0.2) is 0 Å². The Labute approximate surface area is 177 Å². The fourth-order valence-corrected chi connectivity index (χ4v) is 4.87. The third-order valence-electron chi connectivity index (χ3n) is 4.62. The molecule has 0 N–H and O–H groups in total. The predicted molar refractivity (Wildman–Crippen MR) is 113 cm³/mol. The van der Waals surface area contributed by atoms with Gasteiger partial charge < -0.3 is 4.90 Å². The molecule has 0 saturated carbocycles. The molecule has 2 aromatic carbocycles. The highest BCUT2D eigenvalue weighted by Crippen LogP contribution is 2.24. The highest BCUT2D eigenvalue weighted by atomic mass is 32.2. The van der Waals surface area contributed by atoms with Gasteiger partial charge in [0.15, 0.2) is 0 Å². The number of allylic oxidation sites excluding steroid dienone is 2. The lowest BCUT2D eigenvalue weighted by Crippen LogP contribution is -2.51. The highest BCUT2D eigenvalue weighted by molar-refractivity contribution is 7.87. The molecule has 3 rings (SSSR count). The zero-order chi connectivity index (χ0) is 21.7. The van der Waals surface area contributed by atoms with E-state index in [1.807, 2.05) is 12.2 Å². The first-order chi connectivity index (χ1) is 14.2. The van der Waals surface area contributed by atoms with E-state index < -0.39 is 25.8 Å². The van der Waals surface area contributed by atoms with Crippen LogP contribution in [0.4, 0.5) is 0 Å². The van der Waals surface area contributed by atoms with Crippen molar-refractivity contribution in [1.82, 2.24) is 4.90 Å². The Bertz CT molecular complexity index is 1040. The van der Waals surface area contributed by atoms with Crippen LogP contribution in [0.25, 0.3) is 0 Å². The van der Waals surface area contributed by atoms with E-state index in [0.29, 0.717) is 6.54 Å². The van der Waals surface area contributed by atoms with Gasteiger partial charge in [0.25, 0.3) is 20.2 Å². The first kappa shape index (κ1) is 22.2. The molecule has 0 aliphatic carbocycles. The van der Waals surface area contributed by atoms with E-state index in [1.54, 1.807) is 60.5 Å². The summed E-state index contributed by atoms with van der Waals surface area (Å²) in [6.07, 6.45) is 7.24. The minimum absolute atomic E-state index is 0.0271. The normalized spacial score (nSPS) is 14.8. The maximum absolute atomic E-state index is 12.6. The second kappa shape index (κ2) is 9.13. The van der Waals surface area contributed by atoms with Gasteiger partial charge >= 0.3 is 0 Å². The summed E-state index contributed by atoms with van der Waals surface area (Å²) in [5.74, 6) is 0. The van der Waals surface area contributed by atoms with Crippen molar-refractivity contribution in [2.45, 2.75) is 22.3 Å². The highest BCUT2D eigenvalue weighted by Gasteiger charge is 2.35. The Morgan fingerprint density at radius 2 is 1.27 bits per heavy atom. The summed E-state index contributed by atoms with van der Waals surface area (Å²) >= 11 is 0. The van der Waals surface area contributed by atoms with Crippen LogP contribution in [-0.4, -0.2) is 47.0 Å². The molecule has 1 aliphatic rings. The number of hydrogen-bond acceptors (Lipinski definition) is 7. The molecule has 0 amide bonds. The first-order valence-electron chi connectivity index (χ1n) is 9.22. The number of nitrogens with zero attached hydrogens (tertiary/aromatic N) is 1. The molecule has 1 aliphatic heterocycles. The van der Waals surface area contributed by atoms with Crippen molar-refractivity contribution in [3.05, 3.63) is 85.1 Å². The molecular formula is C21H23NO6S2. The average Bonchev–Trinajstić information content (AvgIpc) is 2.78. The lowest BCUT2D eigenvalue weighted by atomic mass is 10.0. The minimum atomic E-state index is -4.01. The molecule has 0 unspecified atom stereocenters. The minimum Gasteiger partial charge on any atom is -0.364 e. The lowest BCUT2D eigenvalue weighted by molar-refractivity contribution is 0.0576. The molecule has 2 aromatic rings. The molecule has 0 atom stereocenters. The van der Waals surface area contributed by atoms with E-state index in [-0.39, 0.29) is 23.0 Å². The fraction of sp³-hybridized carbons (Fsp3) is 0.238. The van der Waals surface area contributed by atoms with Crippen LogP contribution in [0, 0.1) is 0 Å². The van der Waals surface area contributed by atoms with Crippen LogP contribution in [0.5, 0.6) is 0 Å². The molecular weight excluding hydrogens is 426 g/mol. The summed E-state index contributed by atoms with van der Waals surface area (Å²) in [5, 5.41) is 0. The quantitative estimate of drug-likeness (QED) is 0.544. The molecule has 0 bridgehead atoms. The molecule has 0 fully saturated rings. The van der Waals surface area contributed by atoms with Gasteiger partial charge in [0, 0.05) is 12.7 Å². The summed E-state index contributed by atoms with van der Waals surface area (Å²) in [4.78, 5) is 1.84. The van der Waals surface area contributed by atoms with E-state index in [2.05, 4.69) is 0 Å². The van der Waals surface area contributed by atoms with Gasteiger partial charge in [-0.2, -0.15) is 16.8 Å².